The van der Waals surface area contributed by atoms with Crippen LogP contribution in [-0.2, 0) is 4.74 Å². The van der Waals surface area contributed by atoms with E-state index in [-0.39, 0.29) is 6.10 Å². The zero-order chi connectivity index (χ0) is 15.7. The van der Waals surface area contributed by atoms with E-state index in [1.54, 1.807) is 0 Å². The lowest BCUT2D eigenvalue weighted by Gasteiger charge is -2.56. The lowest BCUT2D eigenvalue weighted by Crippen LogP contribution is -2.48. The van der Waals surface area contributed by atoms with Crippen LogP contribution in [0.15, 0.2) is 11.6 Å². The minimum absolute atomic E-state index is 0.233. The second-order valence-corrected chi connectivity index (χ2v) is 8.05. The van der Waals surface area contributed by atoms with Gasteiger partial charge in [-0.2, -0.15) is 0 Å². The molecule has 0 aromatic carbocycles. The Morgan fingerprint density at radius 2 is 2.27 bits per heavy atom. The van der Waals surface area contributed by atoms with Crippen molar-refractivity contribution in [1.29, 1.82) is 0 Å². The highest BCUT2D eigenvalue weighted by molar-refractivity contribution is 5.23. The summed E-state index contributed by atoms with van der Waals surface area (Å²) in [7, 11) is 0. The molecule has 2 N–H and O–H groups in total. The molecule has 3 aliphatic carbocycles. The van der Waals surface area contributed by atoms with Crippen molar-refractivity contribution in [2.45, 2.75) is 51.7 Å². The van der Waals surface area contributed by atoms with Crippen LogP contribution >= 0.6 is 0 Å². The molecule has 0 aromatic rings. The van der Waals surface area contributed by atoms with E-state index in [1.165, 1.54) is 18.4 Å². The van der Waals surface area contributed by atoms with Crippen LogP contribution in [0.25, 0.3) is 0 Å². The van der Waals surface area contributed by atoms with E-state index in [0.29, 0.717) is 37.6 Å². The van der Waals surface area contributed by atoms with E-state index in [9.17, 15) is 10.2 Å². The minimum Gasteiger partial charge on any atom is -0.392 e. The number of aliphatic hydroxyl groups excluding tert-OH is 2. The van der Waals surface area contributed by atoms with Gasteiger partial charge >= 0.3 is 0 Å². The zero-order valence-electron chi connectivity index (χ0n) is 14.0. The first-order valence-corrected chi connectivity index (χ1v) is 8.82. The Bertz CT molecular complexity index is 421. The van der Waals surface area contributed by atoms with Gasteiger partial charge < -0.3 is 14.9 Å². The number of fused-ring (bicyclic) bond motifs is 1. The predicted octanol–water partition coefficient (Wildman–Crippen LogP) is 1.81. The molecular formula is C18H31NO3. The molecule has 2 fully saturated rings. The smallest absolute Gasteiger partial charge is 0.0900 e. The van der Waals surface area contributed by atoms with Gasteiger partial charge in [-0.25, -0.2) is 0 Å². The Morgan fingerprint density at radius 3 is 2.95 bits per heavy atom. The zero-order valence-corrected chi connectivity index (χ0v) is 14.0. The Hall–Kier alpha value is -0.420. The lowest BCUT2D eigenvalue weighted by molar-refractivity contribution is -0.0290. The van der Waals surface area contributed by atoms with Crippen molar-refractivity contribution in [3.63, 3.8) is 0 Å². The number of aliphatic hydroxyl groups is 2. The van der Waals surface area contributed by atoms with Gasteiger partial charge in [0.15, 0.2) is 0 Å². The summed E-state index contributed by atoms with van der Waals surface area (Å²) in [6.07, 6.45) is 6.07. The maximum atomic E-state index is 10.1. The molecule has 1 saturated carbocycles. The summed E-state index contributed by atoms with van der Waals surface area (Å²) in [5.41, 5.74) is 1.88. The van der Waals surface area contributed by atoms with Gasteiger partial charge in [0.05, 0.1) is 25.4 Å². The predicted molar refractivity (Wildman–Crippen MR) is 86.6 cm³/mol. The quantitative estimate of drug-likeness (QED) is 0.735. The molecule has 22 heavy (non-hydrogen) atoms. The van der Waals surface area contributed by atoms with Crippen molar-refractivity contribution in [1.82, 2.24) is 4.90 Å². The molecule has 0 unspecified atom stereocenters. The van der Waals surface area contributed by atoms with E-state index in [1.807, 2.05) is 0 Å². The first kappa shape index (κ1) is 16.4. The van der Waals surface area contributed by atoms with E-state index < -0.39 is 6.10 Å². The Balaban J connectivity index is 1.37. The van der Waals surface area contributed by atoms with Crippen LogP contribution in [0.2, 0.25) is 0 Å². The summed E-state index contributed by atoms with van der Waals surface area (Å²) in [5, 5.41) is 19.8. The topological polar surface area (TPSA) is 52.9 Å². The average Bonchev–Trinajstić information content (AvgIpc) is 2.47. The minimum atomic E-state index is -0.461. The molecule has 4 nitrogen and oxygen atoms in total. The molecular weight excluding hydrogens is 278 g/mol. The van der Waals surface area contributed by atoms with Crippen LogP contribution in [0.1, 0.15) is 39.5 Å². The summed E-state index contributed by atoms with van der Waals surface area (Å²) < 4.78 is 5.78. The number of β-amino-alcohol motifs (C(OH)–C–C–N with tert-alkyl or cyclic N) is 2. The number of piperidine rings is 1. The maximum Gasteiger partial charge on any atom is 0.0900 e. The monoisotopic (exact) mass is 309 g/mol. The molecule has 0 amide bonds. The third-order valence-electron chi connectivity index (χ3n) is 6.11. The first-order chi connectivity index (χ1) is 10.5. The summed E-state index contributed by atoms with van der Waals surface area (Å²) in [6, 6.07) is 0. The molecule has 1 heterocycles. The molecule has 0 spiro atoms. The van der Waals surface area contributed by atoms with E-state index in [4.69, 9.17) is 4.74 Å². The molecule has 4 atom stereocenters. The van der Waals surface area contributed by atoms with E-state index >= 15 is 0 Å². The van der Waals surface area contributed by atoms with Crippen molar-refractivity contribution in [2.24, 2.45) is 17.3 Å². The van der Waals surface area contributed by atoms with E-state index in [2.05, 4.69) is 24.8 Å². The SMILES string of the molecule is CC1(C)[C@H]2CC=C(COC[C@H](O)CN3CCC[C@@H](O)C3)[C@H]1C2. The van der Waals surface area contributed by atoms with Crippen LogP contribution in [-0.4, -0.2) is 60.2 Å². The maximum absolute atomic E-state index is 10.1. The number of hydrogen-bond acceptors (Lipinski definition) is 4. The normalized spacial score (nSPS) is 35.6. The fourth-order valence-corrected chi connectivity index (χ4v) is 4.50. The van der Waals surface area contributed by atoms with Crippen molar-refractivity contribution >= 4 is 0 Å². The number of allylic oxidation sites excluding steroid dienone is 1. The molecule has 0 aromatic heterocycles. The van der Waals surface area contributed by atoms with Gasteiger partial charge in [-0.15, -0.1) is 0 Å². The summed E-state index contributed by atoms with van der Waals surface area (Å²) >= 11 is 0. The van der Waals surface area contributed by atoms with Gasteiger partial charge in [0.2, 0.25) is 0 Å². The van der Waals surface area contributed by atoms with Crippen molar-refractivity contribution in [3.8, 4) is 0 Å². The van der Waals surface area contributed by atoms with Gasteiger partial charge in [-0.1, -0.05) is 19.9 Å². The van der Waals surface area contributed by atoms with Crippen LogP contribution in [0, 0.1) is 17.3 Å². The Kier molecular flexibility index (Phi) is 4.93. The molecule has 4 heteroatoms. The van der Waals surface area contributed by atoms with Crippen molar-refractivity contribution in [2.75, 3.05) is 32.8 Å². The van der Waals surface area contributed by atoms with Gasteiger partial charge in [-0.05, 0) is 55.1 Å². The highest BCUT2D eigenvalue weighted by Crippen LogP contribution is 2.59. The second kappa shape index (κ2) is 6.60. The summed E-state index contributed by atoms with van der Waals surface area (Å²) in [6.45, 7) is 8.05. The summed E-state index contributed by atoms with van der Waals surface area (Å²) in [5.74, 6) is 1.54. The summed E-state index contributed by atoms with van der Waals surface area (Å²) in [4.78, 5) is 2.14. The van der Waals surface area contributed by atoms with Crippen LogP contribution in [0.3, 0.4) is 0 Å². The Morgan fingerprint density at radius 1 is 1.45 bits per heavy atom. The highest BCUT2D eigenvalue weighted by atomic mass is 16.5. The highest BCUT2D eigenvalue weighted by Gasteiger charge is 2.50. The third-order valence-corrected chi connectivity index (χ3v) is 6.11. The van der Waals surface area contributed by atoms with Gasteiger partial charge in [0.1, 0.15) is 0 Å². The average molecular weight is 309 g/mol. The van der Waals surface area contributed by atoms with Gasteiger partial charge in [0, 0.05) is 13.1 Å². The number of rotatable bonds is 6. The van der Waals surface area contributed by atoms with Crippen molar-refractivity contribution in [3.05, 3.63) is 11.6 Å². The standard InChI is InChI=1S/C18H31NO3/c1-18(2)14-6-5-13(17(18)8-14)11-22-12-16(21)10-19-7-3-4-15(20)9-19/h5,14-17,20-21H,3-4,6-12H2,1-2H3/t14-,15+,16+,17+/m0/s1. The molecule has 2 bridgehead atoms. The fourth-order valence-electron chi connectivity index (χ4n) is 4.50. The van der Waals surface area contributed by atoms with Crippen molar-refractivity contribution < 1.29 is 14.9 Å². The largest absolute Gasteiger partial charge is 0.392 e. The number of hydrogen-bond donors (Lipinski definition) is 2. The number of likely N-dealkylation sites (tertiary alicyclic amines) is 1. The van der Waals surface area contributed by atoms with Gasteiger partial charge in [0.25, 0.3) is 0 Å². The number of ether oxygens (including phenoxy) is 1. The second-order valence-electron chi connectivity index (χ2n) is 8.05. The molecule has 4 aliphatic rings. The van der Waals surface area contributed by atoms with Gasteiger partial charge in [-0.3, -0.25) is 4.90 Å². The van der Waals surface area contributed by atoms with Crippen LogP contribution < -0.4 is 0 Å². The molecule has 126 valence electrons. The van der Waals surface area contributed by atoms with Crippen LogP contribution in [0.4, 0.5) is 0 Å². The number of nitrogens with zero attached hydrogens (tertiary/aromatic N) is 1. The lowest BCUT2D eigenvalue weighted by atomic mass is 9.49. The molecule has 1 saturated heterocycles. The Labute approximate surface area is 134 Å². The molecule has 4 rings (SSSR count). The third kappa shape index (κ3) is 3.40. The van der Waals surface area contributed by atoms with Crippen LogP contribution in [0.5, 0.6) is 0 Å². The first-order valence-electron chi connectivity index (χ1n) is 8.82. The molecule has 1 aliphatic heterocycles. The fraction of sp³-hybridized carbons (Fsp3) is 0.889. The molecule has 0 radical (unpaired) electrons. The van der Waals surface area contributed by atoms with E-state index in [0.717, 1.165) is 25.3 Å².